The first-order valence-electron chi connectivity index (χ1n) is 7.31. The fraction of sp³-hybridized carbons (Fsp3) is 0.467. The molecule has 8 nitrogen and oxygen atoms in total. The summed E-state index contributed by atoms with van der Waals surface area (Å²) < 4.78 is 4.91. The van der Waals surface area contributed by atoms with Gasteiger partial charge in [-0.3, -0.25) is 14.9 Å². The van der Waals surface area contributed by atoms with Gasteiger partial charge in [-0.2, -0.15) is 0 Å². The Kier molecular flexibility index (Phi) is 5.55. The van der Waals surface area contributed by atoms with E-state index in [1.807, 2.05) is 13.8 Å². The Labute approximate surface area is 146 Å². The third-order valence-corrected chi connectivity index (χ3v) is 4.77. The van der Waals surface area contributed by atoms with E-state index >= 15 is 0 Å². The summed E-state index contributed by atoms with van der Waals surface area (Å²) in [7, 11) is 0. The van der Waals surface area contributed by atoms with Gasteiger partial charge in [-0.1, -0.05) is 41.9 Å². The number of rotatable bonds is 5. The van der Waals surface area contributed by atoms with E-state index in [0.717, 1.165) is 4.90 Å². The van der Waals surface area contributed by atoms with Crippen LogP contribution >= 0.6 is 15.9 Å². The first-order chi connectivity index (χ1) is 11.3. The summed E-state index contributed by atoms with van der Waals surface area (Å²) in [6.07, 6.45) is -2.27. The number of cyclic esters (lactones) is 1. The van der Waals surface area contributed by atoms with E-state index in [1.54, 1.807) is 0 Å². The normalized spacial score (nSPS) is 20.0. The second kappa shape index (κ2) is 7.27. The Hall–Kier alpha value is -2.00. The average Bonchev–Trinajstić information content (AvgIpc) is 2.94. The summed E-state index contributed by atoms with van der Waals surface area (Å²) in [5, 5.41) is 21.5. The largest absolute Gasteiger partial charge is 0.447 e. The number of aliphatic hydroxyl groups is 1. The number of para-hydroxylation sites is 1. The van der Waals surface area contributed by atoms with Crippen molar-refractivity contribution in [3.63, 3.8) is 0 Å². The summed E-state index contributed by atoms with van der Waals surface area (Å²) in [4.78, 5) is 34.6. The van der Waals surface area contributed by atoms with Crippen molar-refractivity contribution in [1.29, 1.82) is 0 Å². The minimum atomic E-state index is -1.49. The van der Waals surface area contributed by atoms with Gasteiger partial charge in [0, 0.05) is 6.07 Å². The average molecular weight is 401 g/mol. The number of imide groups is 1. The highest BCUT2D eigenvalue weighted by molar-refractivity contribution is 9.10. The number of nitrogens with zero attached hydrogens (tertiary/aromatic N) is 2. The topological polar surface area (TPSA) is 110 Å². The van der Waals surface area contributed by atoms with Crippen LogP contribution in [0.3, 0.4) is 0 Å². The van der Waals surface area contributed by atoms with Crippen molar-refractivity contribution in [1.82, 2.24) is 4.90 Å². The van der Waals surface area contributed by atoms with Crippen molar-refractivity contribution in [2.24, 2.45) is 5.92 Å². The van der Waals surface area contributed by atoms with Crippen molar-refractivity contribution in [2.45, 2.75) is 30.8 Å². The minimum Gasteiger partial charge on any atom is -0.447 e. The van der Waals surface area contributed by atoms with Crippen LogP contribution in [0.15, 0.2) is 24.3 Å². The van der Waals surface area contributed by atoms with Gasteiger partial charge in [0.2, 0.25) is 5.91 Å². The first kappa shape index (κ1) is 18.3. The molecule has 0 radical (unpaired) electrons. The summed E-state index contributed by atoms with van der Waals surface area (Å²) >= 11 is 3.07. The van der Waals surface area contributed by atoms with Gasteiger partial charge in [0.1, 0.15) is 17.5 Å². The molecule has 1 aromatic rings. The van der Waals surface area contributed by atoms with Crippen LogP contribution in [0.2, 0.25) is 0 Å². The molecule has 1 heterocycles. The molecule has 3 atom stereocenters. The van der Waals surface area contributed by atoms with Gasteiger partial charge in [0.15, 0.2) is 0 Å². The molecule has 0 unspecified atom stereocenters. The number of halogens is 1. The fourth-order valence-corrected chi connectivity index (χ4v) is 3.01. The van der Waals surface area contributed by atoms with Crippen LogP contribution in [0, 0.1) is 16.0 Å². The molecule has 1 aromatic carbocycles. The molecule has 0 aliphatic carbocycles. The summed E-state index contributed by atoms with van der Waals surface area (Å²) in [6.45, 7) is 3.77. The lowest BCUT2D eigenvalue weighted by atomic mass is 10.0. The van der Waals surface area contributed by atoms with Crippen LogP contribution in [0.25, 0.3) is 0 Å². The van der Waals surface area contributed by atoms with E-state index in [2.05, 4.69) is 15.9 Å². The molecule has 9 heteroatoms. The van der Waals surface area contributed by atoms with Gasteiger partial charge in [0.05, 0.1) is 16.5 Å². The zero-order chi connectivity index (χ0) is 18.0. The van der Waals surface area contributed by atoms with Crippen molar-refractivity contribution < 1.29 is 24.4 Å². The maximum atomic E-state index is 12.6. The van der Waals surface area contributed by atoms with Crippen LogP contribution in [-0.4, -0.2) is 44.4 Å². The Bertz CT molecular complexity index is 665. The van der Waals surface area contributed by atoms with Crippen molar-refractivity contribution in [2.75, 3.05) is 6.61 Å². The number of amides is 2. The lowest BCUT2D eigenvalue weighted by Gasteiger charge is -2.26. The predicted octanol–water partition coefficient (Wildman–Crippen LogP) is 2.40. The van der Waals surface area contributed by atoms with E-state index < -0.39 is 33.9 Å². The molecule has 1 saturated heterocycles. The van der Waals surface area contributed by atoms with Crippen LogP contribution in [0.1, 0.15) is 25.5 Å². The quantitative estimate of drug-likeness (QED) is 0.461. The molecule has 1 N–H and O–H groups in total. The van der Waals surface area contributed by atoms with Gasteiger partial charge in [-0.15, -0.1) is 0 Å². The first-order valence-corrected chi connectivity index (χ1v) is 8.22. The Morgan fingerprint density at radius 3 is 2.67 bits per heavy atom. The van der Waals surface area contributed by atoms with E-state index in [0.29, 0.717) is 0 Å². The van der Waals surface area contributed by atoms with E-state index in [4.69, 9.17) is 4.74 Å². The highest BCUT2D eigenvalue weighted by atomic mass is 79.9. The van der Waals surface area contributed by atoms with Gasteiger partial charge < -0.3 is 9.84 Å². The molecular weight excluding hydrogens is 384 g/mol. The van der Waals surface area contributed by atoms with Crippen LogP contribution in [0.5, 0.6) is 0 Å². The van der Waals surface area contributed by atoms with E-state index in [-0.39, 0.29) is 23.8 Å². The molecule has 1 aliphatic heterocycles. The number of carbonyl (C=O) groups excluding carboxylic acids is 2. The van der Waals surface area contributed by atoms with Crippen LogP contribution < -0.4 is 0 Å². The zero-order valence-electron chi connectivity index (χ0n) is 13.1. The molecule has 130 valence electrons. The number of hydrogen-bond donors (Lipinski definition) is 1. The number of nitro groups is 1. The zero-order valence-corrected chi connectivity index (χ0v) is 14.7. The second-order valence-corrected chi connectivity index (χ2v) is 6.75. The molecular formula is C15H17BrN2O6. The monoisotopic (exact) mass is 400 g/mol. The van der Waals surface area contributed by atoms with E-state index in [9.17, 15) is 24.8 Å². The fourth-order valence-electron chi connectivity index (χ4n) is 2.51. The molecule has 0 aromatic heterocycles. The number of benzene rings is 1. The molecule has 0 saturated carbocycles. The van der Waals surface area contributed by atoms with Crippen molar-refractivity contribution >= 4 is 33.6 Å². The number of alkyl halides is 1. The Morgan fingerprint density at radius 1 is 1.46 bits per heavy atom. The third-order valence-electron chi connectivity index (χ3n) is 3.88. The van der Waals surface area contributed by atoms with Crippen LogP contribution in [-0.2, 0) is 9.53 Å². The molecule has 0 bridgehead atoms. The smallest absolute Gasteiger partial charge is 0.417 e. The maximum absolute atomic E-state index is 12.6. The van der Waals surface area contributed by atoms with Gasteiger partial charge >= 0.3 is 6.09 Å². The molecule has 2 amide bonds. The van der Waals surface area contributed by atoms with Gasteiger partial charge in [-0.25, -0.2) is 9.69 Å². The highest BCUT2D eigenvalue weighted by Crippen LogP contribution is 2.32. The standard InChI is InChI=1S/C15H17BrN2O6/c1-8(2)11-7-24-15(21)17(11)14(20)12(16)13(19)9-5-3-4-6-10(9)18(22)23/h3-6,8,11-13,19H,7H2,1-2H3/t11-,12+,13+/m1/s1. The number of aliphatic hydroxyl groups excluding tert-OH is 1. The maximum Gasteiger partial charge on any atom is 0.417 e. The van der Waals surface area contributed by atoms with Gasteiger partial charge in [-0.05, 0) is 12.0 Å². The minimum absolute atomic E-state index is 0.00798. The summed E-state index contributed by atoms with van der Waals surface area (Å²) in [6, 6.07) is 5.15. The van der Waals surface area contributed by atoms with Crippen molar-refractivity contribution in [3.05, 3.63) is 39.9 Å². The molecule has 0 spiro atoms. The number of carbonyl (C=O) groups is 2. The summed E-state index contributed by atoms with van der Waals surface area (Å²) in [5.41, 5.74) is -0.307. The van der Waals surface area contributed by atoms with E-state index in [1.165, 1.54) is 24.3 Å². The lowest BCUT2D eigenvalue weighted by molar-refractivity contribution is -0.386. The summed E-state index contributed by atoms with van der Waals surface area (Å²) in [5.74, 6) is -0.717. The lowest BCUT2D eigenvalue weighted by Crippen LogP contribution is -2.46. The van der Waals surface area contributed by atoms with Crippen LogP contribution in [0.4, 0.5) is 10.5 Å². The second-order valence-electron chi connectivity index (χ2n) is 5.76. The third kappa shape index (κ3) is 3.41. The molecule has 24 heavy (non-hydrogen) atoms. The predicted molar refractivity (Wildman–Crippen MR) is 87.6 cm³/mol. The van der Waals surface area contributed by atoms with Crippen molar-refractivity contribution in [3.8, 4) is 0 Å². The SMILES string of the molecule is CC(C)[C@H]1COC(=O)N1C(=O)[C@@H](Br)[C@@H](O)c1ccccc1[N+](=O)[O-]. The Morgan fingerprint density at radius 2 is 2.08 bits per heavy atom. The number of nitro benzene ring substituents is 1. The highest BCUT2D eigenvalue weighted by Gasteiger charge is 2.44. The molecule has 2 rings (SSSR count). The van der Waals surface area contributed by atoms with Gasteiger partial charge in [0.25, 0.3) is 5.69 Å². The Balaban J connectivity index is 2.27. The number of hydrogen-bond acceptors (Lipinski definition) is 6. The molecule has 1 aliphatic rings. The number of ether oxygens (including phenoxy) is 1. The molecule has 1 fully saturated rings.